The zero-order chi connectivity index (χ0) is 24.6. The summed E-state index contributed by atoms with van der Waals surface area (Å²) in [5.74, 6) is -0.415. The number of anilines is 1. The molecule has 2 N–H and O–H groups in total. The average molecular weight is 530 g/mol. The summed E-state index contributed by atoms with van der Waals surface area (Å²) in [4.78, 5) is 51.7. The van der Waals surface area contributed by atoms with Gasteiger partial charge in [-0.15, -0.1) is 0 Å². The van der Waals surface area contributed by atoms with Gasteiger partial charge in [0.1, 0.15) is 16.7 Å². The number of rotatable bonds is 5. The third-order valence-electron chi connectivity index (χ3n) is 5.12. The lowest BCUT2D eigenvalue weighted by Crippen LogP contribution is -2.41. The van der Waals surface area contributed by atoms with Gasteiger partial charge in [0.05, 0.1) is 17.4 Å². The minimum absolute atomic E-state index is 0.162. The number of imide groups is 3. The molecule has 0 radical (unpaired) electrons. The number of pyridine rings is 1. The van der Waals surface area contributed by atoms with Crippen molar-refractivity contribution in [2.75, 3.05) is 18.8 Å². The Balaban J connectivity index is 1.49. The molecule has 4 heterocycles. The standard InChI is InChI=1S/C22H24BrN7O4/c1-22(2,3)34-21(33)30-18(31)12-29(20(30)32)8-4-7-28-11-14(15-5-6-25-19(24)27-15)13-9-17(23)26-10-16(13)28/h5-6,9-11H,4,7-8,12H2,1-3H3,(H2,24,25,27). The smallest absolute Gasteiger partial charge is 0.425 e. The van der Waals surface area contributed by atoms with Gasteiger partial charge in [0.15, 0.2) is 0 Å². The highest BCUT2D eigenvalue weighted by Crippen LogP contribution is 2.31. The molecule has 0 saturated carbocycles. The number of nitrogens with zero attached hydrogens (tertiary/aromatic N) is 6. The molecule has 12 heteroatoms. The van der Waals surface area contributed by atoms with Gasteiger partial charge in [-0.1, -0.05) is 0 Å². The number of nitrogens with two attached hydrogens (primary N) is 1. The average Bonchev–Trinajstić information content (AvgIpc) is 3.23. The van der Waals surface area contributed by atoms with Crippen LogP contribution >= 0.6 is 15.9 Å². The summed E-state index contributed by atoms with van der Waals surface area (Å²) in [7, 11) is 0. The number of amides is 4. The van der Waals surface area contributed by atoms with Crippen molar-refractivity contribution >= 4 is 50.8 Å². The number of ether oxygens (including phenoxy) is 1. The summed E-state index contributed by atoms with van der Waals surface area (Å²) in [6, 6.07) is 3.02. The minimum Gasteiger partial charge on any atom is -0.443 e. The highest BCUT2D eigenvalue weighted by molar-refractivity contribution is 9.10. The fourth-order valence-corrected chi connectivity index (χ4v) is 4.05. The van der Waals surface area contributed by atoms with Crippen molar-refractivity contribution in [1.82, 2.24) is 29.3 Å². The second kappa shape index (κ2) is 9.01. The second-order valence-electron chi connectivity index (χ2n) is 8.83. The zero-order valence-corrected chi connectivity index (χ0v) is 20.6. The maximum atomic E-state index is 12.6. The summed E-state index contributed by atoms with van der Waals surface area (Å²) < 4.78 is 7.88. The van der Waals surface area contributed by atoms with E-state index < -0.39 is 23.6 Å². The van der Waals surface area contributed by atoms with Crippen LogP contribution in [0.5, 0.6) is 0 Å². The number of hydrogen-bond donors (Lipinski definition) is 1. The van der Waals surface area contributed by atoms with Gasteiger partial charge in [-0.3, -0.25) is 4.79 Å². The van der Waals surface area contributed by atoms with Gasteiger partial charge < -0.3 is 19.9 Å². The Labute approximate surface area is 204 Å². The summed E-state index contributed by atoms with van der Waals surface area (Å²) in [6.45, 7) is 5.70. The van der Waals surface area contributed by atoms with Gasteiger partial charge >= 0.3 is 12.1 Å². The first kappa shape index (κ1) is 23.6. The molecule has 1 fully saturated rings. The Morgan fingerprint density at radius 1 is 1.24 bits per heavy atom. The van der Waals surface area contributed by atoms with E-state index in [4.69, 9.17) is 10.5 Å². The van der Waals surface area contributed by atoms with E-state index in [0.29, 0.717) is 34.7 Å². The van der Waals surface area contributed by atoms with Crippen LogP contribution in [0.15, 0.2) is 35.3 Å². The predicted octanol–water partition coefficient (Wildman–Crippen LogP) is 3.43. The number of aryl methyl sites for hydroxylation is 1. The van der Waals surface area contributed by atoms with Crippen LogP contribution in [-0.4, -0.2) is 66.0 Å². The number of carbonyl (C=O) groups excluding carboxylic acids is 3. The molecule has 0 aliphatic carbocycles. The Bertz CT molecular complexity index is 1280. The molecule has 1 aliphatic heterocycles. The number of urea groups is 1. The van der Waals surface area contributed by atoms with Crippen LogP contribution in [0.4, 0.5) is 15.5 Å². The lowest BCUT2D eigenvalue weighted by Gasteiger charge is -2.22. The van der Waals surface area contributed by atoms with E-state index in [-0.39, 0.29) is 12.5 Å². The predicted molar refractivity (Wildman–Crippen MR) is 128 cm³/mol. The van der Waals surface area contributed by atoms with Crippen molar-refractivity contribution in [3.05, 3.63) is 35.3 Å². The van der Waals surface area contributed by atoms with Crippen molar-refractivity contribution in [3.8, 4) is 11.3 Å². The lowest BCUT2D eigenvalue weighted by atomic mass is 10.1. The molecule has 3 aromatic rings. The molecular formula is C22H24BrN7O4. The Hall–Kier alpha value is -3.54. The Morgan fingerprint density at radius 3 is 2.71 bits per heavy atom. The maximum Gasteiger partial charge on any atom is 0.425 e. The van der Waals surface area contributed by atoms with Crippen LogP contribution < -0.4 is 5.73 Å². The lowest BCUT2D eigenvalue weighted by molar-refractivity contribution is -0.124. The Morgan fingerprint density at radius 2 is 2.00 bits per heavy atom. The molecule has 11 nitrogen and oxygen atoms in total. The van der Waals surface area contributed by atoms with Crippen LogP contribution in [0.3, 0.4) is 0 Å². The normalized spacial score (nSPS) is 14.4. The molecule has 1 saturated heterocycles. The summed E-state index contributed by atoms with van der Waals surface area (Å²) in [5, 5.41) is 0.934. The monoisotopic (exact) mass is 529 g/mol. The van der Waals surface area contributed by atoms with Gasteiger partial charge in [0.25, 0.3) is 5.91 Å². The third kappa shape index (κ3) is 4.86. The largest absolute Gasteiger partial charge is 0.443 e. The van der Waals surface area contributed by atoms with Gasteiger partial charge in [-0.05, 0) is 55.3 Å². The van der Waals surface area contributed by atoms with Crippen LogP contribution in [0, 0.1) is 0 Å². The maximum absolute atomic E-state index is 12.6. The Kier molecular flexibility index (Phi) is 6.26. The van der Waals surface area contributed by atoms with E-state index in [0.717, 1.165) is 16.5 Å². The second-order valence-corrected chi connectivity index (χ2v) is 9.64. The van der Waals surface area contributed by atoms with Gasteiger partial charge in [0, 0.05) is 36.4 Å². The van der Waals surface area contributed by atoms with Crippen LogP contribution in [-0.2, 0) is 16.1 Å². The molecule has 4 rings (SSSR count). The fraction of sp³-hybridized carbons (Fsp3) is 0.364. The van der Waals surface area contributed by atoms with Crippen molar-refractivity contribution in [2.24, 2.45) is 0 Å². The number of halogens is 1. The number of carbonyl (C=O) groups is 3. The molecule has 0 spiro atoms. The molecule has 34 heavy (non-hydrogen) atoms. The first-order valence-corrected chi connectivity index (χ1v) is 11.4. The van der Waals surface area contributed by atoms with Crippen LogP contribution in [0.1, 0.15) is 27.2 Å². The van der Waals surface area contributed by atoms with E-state index in [1.807, 2.05) is 16.8 Å². The summed E-state index contributed by atoms with van der Waals surface area (Å²) >= 11 is 3.41. The highest BCUT2D eigenvalue weighted by atomic mass is 79.9. The topological polar surface area (TPSA) is 137 Å². The van der Waals surface area contributed by atoms with Gasteiger partial charge in [-0.2, -0.15) is 4.90 Å². The van der Waals surface area contributed by atoms with Gasteiger partial charge in [-0.25, -0.2) is 24.5 Å². The number of nitrogen functional groups attached to an aromatic ring is 1. The molecule has 0 aromatic carbocycles. The third-order valence-corrected chi connectivity index (χ3v) is 5.56. The molecule has 0 unspecified atom stereocenters. The summed E-state index contributed by atoms with van der Waals surface area (Å²) in [6.07, 6.45) is 4.90. The molecular weight excluding hydrogens is 506 g/mol. The van der Waals surface area contributed by atoms with Crippen molar-refractivity contribution in [3.63, 3.8) is 0 Å². The van der Waals surface area contributed by atoms with E-state index in [9.17, 15) is 14.4 Å². The van der Waals surface area contributed by atoms with Crippen molar-refractivity contribution in [2.45, 2.75) is 39.3 Å². The molecule has 4 amide bonds. The van der Waals surface area contributed by atoms with Gasteiger partial charge in [0.2, 0.25) is 5.95 Å². The quantitative estimate of drug-likeness (QED) is 0.392. The first-order valence-electron chi connectivity index (χ1n) is 10.6. The molecule has 0 atom stereocenters. The van der Waals surface area contributed by atoms with E-state index in [1.54, 1.807) is 39.2 Å². The zero-order valence-electron chi connectivity index (χ0n) is 19.0. The first-order chi connectivity index (χ1) is 16.0. The van der Waals surface area contributed by atoms with E-state index in [1.165, 1.54) is 4.90 Å². The minimum atomic E-state index is -0.952. The molecule has 0 bridgehead atoms. The van der Waals surface area contributed by atoms with E-state index in [2.05, 4.69) is 30.9 Å². The molecule has 178 valence electrons. The highest BCUT2D eigenvalue weighted by Gasteiger charge is 2.42. The summed E-state index contributed by atoms with van der Waals surface area (Å²) in [5.41, 5.74) is 7.39. The van der Waals surface area contributed by atoms with E-state index >= 15 is 0 Å². The van der Waals surface area contributed by atoms with Crippen molar-refractivity contribution in [1.29, 1.82) is 0 Å². The molecule has 3 aromatic heterocycles. The van der Waals surface area contributed by atoms with Crippen LogP contribution in [0.2, 0.25) is 0 Å². The van der Waals surface area contributed by atoms with Crippen LogP contribution in [0.25, 0.3) is 22.2 Å². The number of fused-ring (bicyclic) bond motifs is 1. The fourth-order valence-electron chi connectivity index (χ4n) is 3.72. The SMILES string of the molecule is CC(C)(C)OC(=O)N1C(=O)CN(CCCn2cc(-c3ccnc(N)n3)c3cc(Br)ncc32)C1=O. The number of hydrogen-bond acceptors (Lipinski definition) is 8. The number of aromatic nitrogens is 4. The molecule has 1 aliphatic rings. The van der Waals surface area contributed by atoms with Crippen molar-refractivity contribution < 1.29 is 19.1 Å².